The zero-order chi connectivity index (χ0) is 20.2. The number of hydrogen-bond acceptors (Lipinski definition) is 5. The molecule has 0 radical (unpaired) electrons. The van der Waals surface area contributed by atoms with Gasteiger partial charge in [0, 0.05) is 29.6 Å². The quantitative estimate of drug-likeness (QED) is 0.372. The van der Waals surface area contributed by atoms with Crippen LogP contribution in [0.4, 0.5) is 4.79 Å². The molecule has 0 bridgehead atoms. The number of aromatic amines is 1. The standard InChI is InChI=1S/C20H18N4O4S/c25-19(26)16(8-12-10-21-15-5-2-1-4-14(12)15)23-20(27)22-11-13-9-17(28-24-13)18-6-3-7-29-18/h1-7,9-10,16,21H,8,11H2,(H,25,26)(H2,22,23,27). The van der Waals surface area contributed by atoms with Crippen LogP contribution in [0, 0.1) is 0 Å². The maximum atomic E-state index is 12.2. The number of aliphatic carboxylic acids is 1. The van der Waals surface area contributed by atoms with E-state index in [4.69, 9.17) is 4.52 Å². The molecule has 4 N–H and O–H groups in total. The van der Waals surface area contributed by atoms with E-state index in [-0.39, 0.29) is 13.0 Å². The number of nitrogens with zero attached hydrogens (tertiary/aromatic N) is 1. The molecule has 0 spiro atoms. The van der Waals surface area contributed by atoms with Gasteiger partial charge in [-0.15, -0.1) is 11.3 Å². The van der Waals surface area contributed by atoms with Crippen LogP contribution in [-0.2, 0) is 17.8 Å². The third kappa shape index (κ3) is 4.30. The third-order valence-corrected chi connectivity index (χ3v) is 5.34. The van der Waals surface area contributed by atoms with Crippen molar-refractivity contribution in [3.63, 3.8) is 0 Å². The Bertz CT molecular complexity index is 1130. The zero-order valence-corrected chi connectivity index (χ0v) is 16.0. The van der Waals surface area contributed by atoms with Gasteiger partial charge in [0.15, 0.2) is 5.76 Å². The van der Waals surface area contributed by atoms with Crippen molar-refractivity contribution in [1.82, 2.24) is 20.8 Å². The van der Waals surface area contributed by atoms with Crippen molar-refractivity contribution in [3.8, 4) is 10.6 Å². The van der Waals surface area contributed by atoms with E-state index < -0.39 is 18.0 Å². The second kappa shape index (κ2) is 8.19. The first-order valence-electron chi connectivity index (χ1n) is 8.92. The van der Waals surface area contributed by atoms with Crippen molar-refractivity contribution in [1.29, 1.82) is 0 Å². The monoisotopic (exact) mass is 410 g/mol. The highest BCUT2D eigenvalue weighted by atomic mass is 32.1. The molecule has 0 aliphatic carbocycles. The molecule has 3 heterocycles. The minimum absolute atomic E-state index is 0.125. The number of urea groups is 1. The smallest absolute Gasteiger partial charge is 0.326 e. The fourth-order valence-electron chi connectivity index (χ4n) is 3.03. The molecule has 2 amide bonds. The van der Waals surface area contributed by atoms with Crippen LogP contribution < -0.4 is 10.6 Å². The lowest BCUT2D eigenvalue weighted by molar-refractivity contribution is -0.139. The molecule has 4 aromatic rings. The van der Waals surface area contributed by atoms with Gasteiger partial charge in [0.1, 0.15) is 11.7 Å². The van der Waals surface area contributed by atoms with Gasteiger partial charge in [-0.2, -0.15) is 0 Å². The first-order valence-corrected chi connectivity index (χ1v) is 9.80. The summed E-state index contributed by atoms with van der Waals surface area (Å²) < 4.78 is 5.26. The molecule has 9 heteroatoms. The highest BCUT2D eigenvalue weighted by Crippen LogP contribution is 2.25. The van der Waals surface area contributed by atoms with Gasteiger partial charge in [0.25, 0.3) is 0 Å². The Morgan fingerprint density at radius 1 is 1.24 bits per heavy atom. The van der Waals surface area contributed by atoms with Gasteiger partial charge in [0.05, 0.1) is 11.4 Å². The van der Waals surface area contributed by atoms with Crippen molar-refractivity contribution in [2.75, 3.05) is 0 Å². The predicted molar refractivity (Wildman–Crippen MR) is 109 cm³/mol. The number of carboxylic acids is 1. The summed E-state index contributed by atoms with van der Waals surface area (Å²) in [4.78, 5) is 27.9. The van der Waals surface area contributed by atoms with Crippen molar-refractivity contribution in [2.45, 2.75) is 19.0 Å². The molecule has 0 saturated carbocycles. The maximum Gasteiger partial charge on any atom is 0.326 e. The number of thiophene rings is 1. The number of aromatic nitrogens is 2. The molecule has 1 aromatic carbocycles. The van der Waals surface area contributed by atoms with Crippen LogP contribution in [0.3, 0.4) is 0 Å². The highest BCUT2D eigenvalue weighted by Gasteiger charge is 2.22. The average molecular weight is 410 g/mol. The summed E-state index contributed by atoms with van der Waals surface area (Å²) in [6.45, 7) is 0.125. The summed E-state index contributed by atoms with van der Waals surface area (Å²) >= 11 is 1.53. The Hall–Kier alpha value is -3.59. The van der Waals surface area contributed by atoms with Crippen LogP contribution in [-0.4, -0.2) is 33.3 Å². The van der Waals surface area contributed by atoms with Crippen LogP contribution >= 0.6 is 11.3 Å². The number of carbonyl (C=O) groups excluding carboxylic acids is 1. The number of H-pyrrole nitrogens is 1. The molecule has 0 aliphatic rings. The Balaban J connectivity index is 1.36. The topological polar surface area (TPSA) is 120 Å². The summed E-state index contributed by atoms with van der Waals surface area (Å²) in [6.07, 6.45) is 1.93. The Kier molecular flexibility index (Phi) is 5.30. The first kappa shape index (κ1) is 18.8. The molecule has 1 unspecified atom stereocenters. The molecule has 8 nitrogen and oxygen atoms in total. The van der Waals surface area contributed by atoms with Gasteiger partial charge >= 0.3 is 12.0 Å². The molecule has 148 valence electrons. The van der Waals surface area contributed by atoms with Crippen LogP contribution in [0.5, 0.6) is 0 Å². The SMILES string of the molecule is O=C(NCc1cc(-c2cccs2)on1)NC(Cc1c[nH]c2ccccc12)C(=O)O. The van der Waals surface area contributed by atoms with E-state index in [0.29, 0.717) is 11.5 Å². The van der Waals surface area contributed by atoms with Crippen molar-refractivity contribution in [3.05, 3.63) is 65.3 Å². The summed E-state index contributed by atoms with van der Waals surface area (Å²) in [5.41, 5.74) is 2.29. The Morgan fingerprint density at radius 3 is 2.90 bits per heavy atom. The van der Waals surface area contributed by atoms with Crippen LogP contribution in [0.25, 0.3) is 21.5 Å². The van der Waals surface area contributed by atoms with Crippen molar-refractivity contribution >= 4 is 34.2 Å². The Labute approximate surface area is 169 Å². The Morgan fingerprint density at radius 2 is 2.10 bits per heavy atom. The lowest BCUT2D eigenvalue weighted by Gasteiger charge is -2.14. The highest BCUT2D eigenvalue weighted by molar-refractivity contribution is 7.13. The molecule has 0 fully saturated rings. The molecule has 0 aliphatic heterocycles. The maximum absolute atomic E-state index is 12.2. The summed E-state index contributed by atoms with van der Waals surface area (Å²) in [6, 6.07) is 11.5. The number of carboxylic acid groups (broad SMARTS) is 1. The number of hydrogen-bond donors (Lipinski definition) is 4. The van der Waals surface area contributed by atoms with Gasteiger partial charge in [-0.05, 0) is 23.1 Å². The van der Waals surface area contributed by atoms with Crippen molar-refractivity contribution in [2.24, 2.45) is 0 Å². The number of nitrogens with one attached hydrogen (secondary N) is 3. The van der Waals surface area contributed by atoms with Gasteiger partial charge in [-0.3, -0.25) is 0 Å². The first-order chi connectivity index (χ1) is 14.1. The van der Waals surface area contributed by atoms with E-state index in [1.807, 2.05) is 41.8 Å². The second-order valence-corrected chi connectivity index (χ2v) is 7.39. The molecule has 3 aromatic heterocycles. The lowest BCUT2D eigenvalue weighted by atomic mass is 10.1. The molecule has 4 rings (SSSR count). The summed E-state index contributed by atoms with van der Waals surface area (Å²) in [5.74, 6) is -0.480. The number of benzene rings is 1. The number of fused-ring (bicyclic) bond motifs is 1. The van der Waals surface area contributed by atoms with E-state index in [0.717, 1.165) is 21.3 Å². The predicted octanol–water partition coefficient (Wildman–Crippen LogP) is 3.38. The molecular formula is C20H18N4O4S. The van der Waals surface area contributed by atoms with E-state index in [2.05, 4.69) is 20.8 Å². The molecule has 1 atom stereocenters. The van der Waals surface area contributed by atoms with Gasteiger partial charge in [-0.25, -0.2) is 9.59 Å². The fraction of sp³-hybridized carbons (Fsp3) is 0.150. The number of amides is 2. The van der Waals surface area contributed by atoms with E-state index in [9.17, 15) is 14.7 Å². The van der Waals surface area contributed by atoms with Gasteiger partial charge in [-0.1, -0.05) is 29.4 Å². The summed E-state index contributed by atoms with van der Waals surface area (Å²) in [5, 5.41) is 21.4. The van der Waals surface area contributed by atoms with E-state index >= 15 is 0 Å². The van der Waals surface area contributed by atoms with Crippen LogP contribution in [0.15, 0.2) is 58.6 Å². The number of rotatable bonds is 7. The minimum Gasteiger partial charge on any atom is -0.480 e. The molecular weight excluding hydrogens is 392 g/mol. The normalized spacial score (nSPS) is 12.0. The third-order valence-electron chi connectivity index (χ3n) is 4.46. The van der Waals surface area contributed by atoms with E-state index in [1.54, 1.807) is 12.3 Å². The number of carbonyl (C=O) groups is 2. The summed E-state index contributed by atoms with van der Waals surface area (Å²) in [7, 11) is 0. The lowest BCUT2D eigenvalue weighted by Crippen LogP contribution is -2.46. The number of para-hydroxylation sites is 1. The largest absolute Gasteiger partial charge is 0.480 e. The van der Waals surface area contributed by atoms with Gasteiger partial charge < -0.3 is 25.2 Å². The minimum atomic E-state index is -1.10. The van der Waals surface area contributed by atoms with Crippen LogP contribution in [0.2, 0.25) is 0 Å². The fourth-order valence-corrected chi connectivity index (χ4v) is 3.70. The zero-order valence-electron chi connectivity index (χ0n) is 15.2. The second-order valence-electron chi connectivity index (χ2n) is 6.44. The molecule has 29 heavy (non-hydrogen) atoms. The molecule has 0 saturated heterocycles. The van der Waals surface area contributed by atoms with Crippen LogP contribution in [0.1, 0.15) is 11.3 Å². The average Bonchev–Trinajstić information content (AvgIpc) is 3.46. The van der Waals surface area contributed by atoms with E-state index in [1.165, 1.54) is 11.3 Å². The van der Waals surface area contributed by atoms with Crippen molar-refractivity contribution < 1.29 is 19.2 Å². The van der Waals surface area contributed by atoms with Gasteiger partial charge in [0.2, 0.25) is 0 Å².